The zero-order valence-electron chi connectivity index (χ0n) is 19.3. The van der Waals surface area contributed by atoms with Gasteiger partial charge in [0.05, 0.1) is 0 Å². The van der Waals surface area contributed by atoms with Crippen LogP contribution >= 0.6 is 24.0 Å². The summed E-state index contributed by atoms with van der Waals surface area (Å²) in [7, 11) is 1.74. The molecule has 0 spiro atoms. The molecule has 2 amide bonds. The highest BCUT2D eigenvalue weighted by Gasteiger charge is 2.25. The van der Waals surface area contributed by atoms with Gasteiger partial charge in [-0.25, -0.2) is 0 Å². The van der Waals surface area contributed by atoms with Gasteiger partial charge in [0.1, 0.15) is 5.75 Å². The summed E-state index contributed by atoms with van der Waals surface area (Å²) in [6, 6.07) is 16.1. The molecular formula is C25H32IN5O3. The first-order valence-electron chi connectivity index (χ1n) is 11.4. The van der Waals surface area contributed by atoms with Crippen LogP contribution in [0.1, 0.15) is 36.3 Å². The van der Waals surface area contributed by atoms with E-state index in [-0.39, 0.29) is 48.3 Å². The van der Waals surface area contributed by atoms with Gasteiger partial charge in [-0.2, -0.15) is 0 Å². The van der Waals surface area contributed by atoms with Crippen molar-refractivity contribution in [3.63, 3.8) is 0 Å². The van der Waals surface area contributed by atoms with Crippen molar-refractivity contribution >= 4 is 47.4 Å². The molecule has 34 heavy (non-hydrogen) atoms. The van der Waals surface area contributed by atoms with Crippen LogP contribution in [0.3, 0.4) is 0 Å². The van der Waals surface area contributed by atoms with Crippen LogP contribution in [-0.2, 0) is 16.0 Å². The molecule has 4 N–H and O–H groups in total. The number of nitrogens with one attached hydrogen (secondary N) is 4. The maximum Gasteiger partial charge on any atom is 0.258 e. The Kier molecular flexibility index (Phi) is 9.55. The van der Waals surface area contributed by atoms with E-state index in [9.17, 15) is 9.59 Å². The number of carbonyl (C=O) groups excluding carboxylic acids is 2. The summed E-state index contributed by atoms with van der Waals surface area (Å²) in [4.78, 5) is 28.0. The first-order chi connectivity index (χ1) is 16.1. The number of anilines is 1. The van der Waals surface area contributed by atoms with Crippen molar-refractivity contribution in [2.45, 2.75) is 37.6 Å². The van der Waals surface area contributed by atoms with Crippen molar-refractivity contribution in [3.8, 4) is 5.75 Å². The van der Waals surface area contributed by atoms with Crippen molar-refractivity contribution in [1.82, 2.24) is 16.0 Å². The number of aliphatic imine (C=N–C) groups is 1. The first kappa shape index (κ1) is 25.8. The molecule has 1 unspecified atom stereocenters. The van der Waals surface area contributed by atoms with Crippen LogP contribution in [-0.4, -0.2) is 50.6 Å². The van der Waals surface area contributed by atoms with Gasteiger partial charge in [0.15, 0.2) is 12.6 Å². The molecule has 4 rings (SSSR count). The summed E-state index contributed by atoms with van der Waals surface area (Å²) in [6.45, 7) is 1.39. The normalized spacial score (nSPS) is 17.0. The van der Waals surface area contributed by atoms with Gasteiger partial charge in [-0.05, 0) is 48.6 Å². The van der Waals surface area contributed by atoms with E-state index in [0.717, 1.165) is 36.1 Å². The third kappa shape index (κ3) is 7.61. The number of hydrogen-bond acceptors (Lipinski definition) is 4. The lowest BCUT2D eigenvalue weighted by Crippen LogP contribution is -2.41. The van der Waals surface area contributed by atoms with Gasteiger partial charge in [0.25, 0.3) is 5.91 Å². The van der Waals surface area contributed by atoms with E-state index in [0.29, 0.717) is 37.3 Å². The Labute approximate surface area is 217 Å². The molecule has 2 aromatic carbocycles. The molecule has 2 aliphatic rings. The van der Waals surface area contributed by atoms with E-state index < -0.39 is 0 Å². The van der Waals surface area contributed by atoms with Gasteiger partial charge in [0.2, 0.25) is 5.91 Å². The number of benzene rings is 2. The lowest BCUT2D eigenvalue weighted by Gasteiger charge is -2.26. The summed E-state index contributed by atoms with van der Waals surface area (Å²) >= 11 is 0. The van der Waals surface area contributed by atoms with E-state index in [1.165, 1.54) is 0 Å². The molecule has 1 fully saturated rings. The smallest absolute Gasteiger partial charge is 0.258 e. The number of hydrogen-bond donors (Lipinski definition) is 4. The Bertz CT molecular complexity index is 1010. The lowest BCUT2D eigenvalue weighted by molar-refractivity contribution is -0.123. The maximum absolute atomic E-state index is 12.0. The average Bonchev–Trinajstić information content (AvgIpc) is 3.64. The quantitative estimate of drug-likeness (QED) is 0.209. The number of ether oxygens (including phenoxy) is 1. The van der Waals surface area contributed by atoms with Crippen LogP contribution in [0.4, 0.5) is 5.69 Å². The summed E-state index contributed by atoms with van der Waals surface area (Å²) in [5.41, 5.74) is 3.19. The predicted molar refractivity (Wildman–Crippen MR) is 144 cm³/mol. The summed E-state index contributed by atoms with van der Waals surface area (Å²) in [5.74, 6) is 1.47. The lowest BCUT2D eigenvalue weighted by atomic mass is 9.90. The highest BCUT2D eigenvalue weighted by atomic mass is 127. The first-order valence-corrected chi connectivity index (χ1v) is 11.4. The number of rotatable bonds is 9. The number of para-hydroxylation sites is 1. The Balaban J connectivity index is 0.00000324. The van der Waals surface area contributed by atoms with Crippen LogP contribution in [0.25, 0.3) is 0 Å². The molecule has 0 radical (unpaired) electrons. The summed E-state index contributed by atoms with van der Waals surface area (Å²) in [6.07, 6.45) is 3.41. The fourth-order valence-corrected chi connectivity index (χ4v) is 3.85. The number of halogens is 1. The molecule has 1 atom stereocenters. The van der Waals surface area contributed by atoms with Gasteiger partial charge >= 0.3 is 0 Å². The average molecular weight is 577 g/mol. The molecule has 2 aromatic rings. The van der Waals surface area contributed by atoms with Gasteiger partial charge in [0, 0.05) is 44.2 Å². The second-order valence-corrected chi connectivity index (χ2v) is 8.44. The van der Waals surface area contributed by atoms with Crippen LogP contribution in [0.5, 0.6) is 5.75 Å². The van der Waals surface area contributed by atoms with E-state index >= 15 is 0 Å². The molecule has 1 aliphatic carbocycles. The summed E-state index contributed by atoms with van der Waals surface area (Å²) < 4.78 is 5.55. The highest BCUT2D eigenvalue weighted by molar-refractivity contribution is 14.0. The van der Waals surface area contributed by atoms with Gasteiger partial charge in [-0.15, -0.1) is 24.0 Å². The number of nitrogens with zero attached hydrogens (tertiary/aromatic N) is 1. The molecule has 1 aliphatic heterocycles. The third-order valence-electron chi connectivity index (χ3n) is 5.79. The monoisotopic (exact) mass is 577 g/mol. The van der Waals surface area contributed by atoms with E-state index in [2.05, 4.69) is 32.3 Å². The number of guanidine groups is 1. The summed E-state index contributed by atoms with van der Waals surface area (Å²) in [5, 5.41) is 12.5. The second kappa shape index (κ2) is 12.6. The Morgan fingerprint density at radius 2 is 1.88 bits per heavy atom. The molecule has 0 bridgehead atoms. The van der Waals surface area contributed by atoms with E-state index in [1.807, 2.05) is 42.5 Å². The SMILES string of the molecule is CN=C(NCCc1ccc(OCC(=O)NC2CC2)cc1)NCC1CC(=O)Nc2ccccc21.I. The molecule has 1 saturated carbocycles. The van der Waals surface area contributed by atoms with Crippen LogP contribution in [0.2, 0.25) is 0 Å². The molecule has 1 heterocycles. The molecule has 182 valence electrons. The third-order valence-corrected chi connectivity index (χ3v) is 5.79. The zero-order chi connectivity index (χ0) is 23.0. The molecule has 8 nitrogen and oxygen atoms in total. The van der Waals surface area contributed by atoms with Crippen molar-refractivity contribution < 1.29 is 14.3 Å². The fourth-order valence-electron chi connectivity index (χ4n) is 3.85. The van der Waals surface area contributed by atoms with Crippen LogP contribution in [0, 0.1) is 0 Å². The minimum absolute atomic E-state index is 0. The van der Waals surface area contributed by atoms with E-state index in [4.69, 9.17) is 4.74 Å². The van der Waals surface area contributed by atoms with Gasteiger partial charge in [-0.3, -0.25) is 14.6 Å². The Morgan fingerprint density at radius 1 is 1.12 bits per heavy atom. The Hall–Kier alpha value is -2.82. The minimum atomic E-state index is -0.0676. The van der Waals surface area contributed by atoms with Crippen LogP contribution in [0.15, 0.2) is 53.5 Å². The number of fused-ring (bicyclic) bond motifs is 1. The van der Waals surface area contributed by atoms with Crippen molar-refractivity contribution in [2.75, 3.05) is 32.1 Å². The topological polar surface area (TPSA) is 104 Å². The van der Waals surface area contributed by atoms with Crippen LogP contribution < -0.4 is 26.0 Å². The second-order valence-electron chi connectivity index (χ2n) is 8.44. The van der Waals surface area contributed by atoms with Crippen molar-refractivity contribution in [2.24, 2.45) is 4.99 Å². The zero-order valence-corrected chi connectivity index (χ0v) is 21.6. The van der Waals surface area contributed by atoms with Gasteiger partial charge < -0.3 is 26.0 Å². The largest absolute Gasteiger partial charge is 0.484 e. The molecule has 9 heteroatoms. The Morgan fingerprint density at radius 3 is 2.62 bits per heavy atom. The highest BCUT2D eigenvalue weighted by Crippen LogP contribution is 2.31. The fraction of sp³-hybridized carbons (Fsp3) is 0.400. The minimum Gasteiger partial charge on any atom is -0.484 e. The molecule has 0 saturated heterocycles. The van der Waals surface area contributed by atoms with Crippen molar-refractivity contribution in [3.05, 3.63) is 59.7 Å². The molecule has 0 aromatic heterocycles. The number of amides is 2. The maximum atomic E-state index is 12.0. The van der Waals surface area contributed by atoms with Crippen molar-refractivity contribution in [1.29, 1.82) is 0 Å². The van der Waals surface area contributed by atoms with E-state index in [1.54, 1.807) is 7.05 Å². The predicted octanol–water partition coefficient (Wildman–Crippen LogP) is 2.80. The standard InChI is InChI=1S/C25H31N5O3.HI/c1-26-25(28-15-18-14-23(31)30-22-5-3-2-4-21(18)22)27-13-12-17-6-10-20(11-7-17)33-16-24(32)29-19-8-9-19;/h2-7,10-11,18-19H,8-9,12-16H2,1H3,(H,29,32)(H,30,31)(H2,26,27,28);1H. The van der Waals surface area contributed by atoms with Gasteiger partial charge in [-0.1, -0.05) is 30.3 Å². The number of carbonyl (C=O) groups is 2. The molecular weight excluding hydrogens is 545 g/mol.